The minimum Gasteiger partial charge on any atom is -0.309 e. The summed E-state index contributed by atoms with van der Waals surface area (Å²) >= 11 is 0. The Kier molecular flexibility index (Phi) is 5.37. The monoisotopic (exact) mass is 659 g/mol. The Bertz CT molecular complexity index is 2880. The highest BCUT2D eigenvalue weighted by Gasteiger charge is 2.59. The van der Waals surface area contributed by atoms with Crippen molar-refractivity contribution in [3.05, 3.63) is 232 Å². The predicted molar refractivity (Wildman–Crippen MR) is 214 cm³/mol. The van der Waals surface area contributed by atoms with E-state index in [2.05, 4.69) is 193 Å². The summed E-state index contributed by atoms with van der Waals surface area (Å²) in [5, 5.41) is 2.56. The highest BCUT2D eigenvalue weighted by Crippen LogP contribution is 2.67. The molecule has 0 saturated heterocycles. The van der Waals surface area contributed by atoms with Crippen LogP contribution < -0.4 is 0 Å². The van der Waals surface area contributed by atoms with E-state index in [4.69, 9.17) is 0 Å². The predicted octanol–water partition coefficient (Wildman–Crippen LogP) is 12.1. The van der Waals surface area contributed by atoms with Gasteiger partial charge in [-0.1, -0.05) is 157 Å². The highest BCUT2D eigenvalue weighted by atomic mass is 15.0. The summed E-state index contributed by atoms with van der Waals surface area (Å²) in [5.41, 5.74) is 20.1. The summed E-state index contributed by atoms with van der Waals surface area (Å²) in [7, 11) is 0. The van der Waals surface area contributed by atoms with E-state index in [1.54, 1.807) is 0 Å². The molecule has 9 aromatic rings. The Morgan fingerprint density at radius 2 is 0.731 bits per heavy atom. The molecule has 1 aromatic heterocycles. The first-order chi connectivity index (χ1) is 25.7. The van der Waals surface area contributed by atoms with Crippen LogP contribution in [0.2, 0.25) is 0 Å². The Labute approximate surface area is 303 Å². The maximum Gasteiger partial charge on any atom is 0.0720 e. The number of hydrogen-bond donors (Lipinski definition) is 0. The summed E-state index contributed by atoms with van der Waals surface area (Å²) in [6, 6.07) is 69.2. The summed E-state index contributed by atoms with van der Waals surface area (Å²) in [5.74, 6) is 0. The van der Waals surface area contributed by atoms with Gasteiger partial charge in [0.15, 0.2) is 0 Å². The van der Waals surface area contributed by atoms with Gasteiger partial charge in [0.05, 0.1) is 21.9 Å². The molecule has 0 bridgehead atoms. The lowest BCUT2D eigenvalue weighted by molar-refractivity contribution is 0.634. The van der Waals surface area contributed by atoms with Crippen molar-refractivity contribution in [2.75, 3.05) is 0 Å². The molecule has 12 rings (SSSR count). The lowest BCUT2D eigenvalue weighted by atomic mass is 9.52. The Morgan fingerprint density at radius 1 is 0.327 bits per heavy atom. The van der Waals surface area contributed by atoms with Gasteiger partial charge in [-0.15, -0.1) is 0 Å². The van der Waals surface area contributed by atoms with Crippen molar-refractivity contribution < 1.29 is 0 Å². The van der Waals surface area contributed by atoms with Gasteiger partial charge in [0, 0.05) is 16.5 Å². The fourth-order valence-electron chi connectivity index (χ4n) is 10.7. The van der Waals surface area contributed by atoms with Crippen molar-refractivity contribution in [1.82, 2.24) is 4.57 Å². The molecule has 0 radical (unpaired) electrons. The van der Waals surface area contributed by atoms with Crippen molar-refractivity contribution >= 4 is 21.8 Å². The van der Waals surface area contributed by atoms with Gasteiger partial charge in [-0.25, -0.2) is 0 Å². The molecule has 0 aliphatic heterocycles. The maximum atomic E-state index is 2.60. The van der Waals surface area contributed by atoms with Gasteiger partial charge in [-0.3, -0.25) is 0 Å². The number of benzene rings is 8. The highest BCUT2D eigenvalue weighted by molar-refractivity contribution is 6.11. The minimum absolute atomic E-state index is 0.502. The average molecular weight is 660 g/mol. The van der Waals surface area contributed by atoms with Crippen LogP contribution in [-0.4, -0.2) is 4.57 Å². The van der Waals surface area contributed by atoms with Gasteiger partial charge < -0.3 is 4.57 Å². The maximum absolute atomic E-state index is 2.60. The number of aryl methyl sites for hydroxylation is 1. The second kappa shape index (κ2) is 9.87. The Hall–Kier alpha value is -6.44. The van der Waals surface area contributed by atoms with E-state index in [0.717, 1.165) is 0 Å². The lowest BCUT2D eigenvalue weighted by Gasteiger charge is -2.49. The Balaban J connectivity index is 1.35. The van der Waals surface area contributed by atoms with Gasteiger partial charge >= 0.3 is 0 Å². The zero-order chi connectivity index (χ0) is 34.2. The molecule has 0 amide bonds. The molecule has 242 valence electrons. The lowest BCUT2D eigenvalue weighted by Crippen LogP contribution is -2.43. The standard InChI is InChI=1S/C51H33N/c1-32-26-28-33(29-27-32)52-48-25-13-6-18-38(48)39-30-46-47(31-49(39)52)51(42-21-9-4-16-36(42)37-17-5-10-22-43(37)51)45-24-12-11-23-44(45)50(46)40-19-7-2-14-34(40)35-15-3-8-20-41(35)50/h2-31H,1H3. The molecule has 1 heteroatoms. The molecular formula is C51H33N. The molecule has 0 unspecified atom stereocenters. The van der Waals surface area contributed by atoms with Crippen molar-refractivity contribution in [2.24, 2.45) is 0 Å². The van der Waals surface area contributed by atoms with Crippen molar-refractivity contribution in [2.45, 2.75) is 17.8 Å². The minimum atomic E-state index is -0.514. The third-order valence-corrected chi connectivity index (χ3v) is 12.6. The molecule has 1 nitrogen and oxygen atoms in total. The molecule has 8 aromatic carbocycles. The van der Waals surface area contributed by atoms with E-state index in [0.29, 0.717) is 0 Å². The fraction of sp³-hybridized carbons (Fsp3) is 0.0588. The van der Waals surface area contributed by atoms with E-state index >= 15 is 0 Å². The van der Waals surface area contributed by atoms with E-state index in [9.17, 15) is 0 Å². The molecule has 0 atom stereocenters. The number of fused-ring (bicyclic) bond motifs is 19. The number of nitrogens with zero attached hydrogens (tertiary/aromatic N) is 1. The van der Waals surface area contributed by atoms with Gasteiger partial charge in [-0.05, 0) is 104 Å². The number of hydrogen-bond acceptors (Lipinski definition) is 0. The molecule has 0 N–H and O–H groups in total. The van der Waals surface area contributed by atoms with Crippen LogP contribution in [0.1, 0.15) is 50.1 Å². The molecule has 0 fully saturated rings. The number of para-hydroxylation sites is 1. The smallest absolute Gasteiger partial charge is 0.0720 e. The second-order valence-corrected chi connectivity index (χ2v) is 14.8. The first-order valence-electron chi connectivity index (χ1n) is 18.4. The normalized spacial score (nSPS) is 14.9. The first kappa shape index (κ1) is 28.3. The topological polar surface area (TPSA) is 4.93 Å². The quantitative estimate of drug-likeness (QED) is 0.165. The van der Waals surface area contributed by atoms with Crippen LogP contribution in [0, 0.1) is 6.92 Å². The third-order valence-electron chi connectivity index (χ3n) is 12.6. The SMILES string of the molecule is Cc1ccc(-n2c3ccccc3c3cc4c(cc32)C2(c3ccccc3-c3ccccc32)c2ccccc2C42c3ccccc3-c3ccccc32)cc1. The molecule has 3 aliphatic rings. The van der Waals surface area contributed by atoms with E-state index in [1.807, 2.05) is 0 Å². The van der Waals surface area contributed by atoms with E-state index < -0.39 is 10.8 Å². The second-order valence-electron chi connectivity index (χ2n) is 14.8. The molecule has 1 heterocycles. The number of rotatable bonds is 1. The van der Waals surface area contributed by atoms with Crippen LogP contribution in [0.5, 0.6) is 0 Å². The zero-order valence-electron chi connectivity index (χ0n) is 28.8. The molecule has 2 spiro atoms. The van der Waals surface area contributed by atoms with Crippen LogP contribution in [-0.2, 0) is 10.8 Å². The van der Waals surface area contributed by atoms with E-state index in [1.165, 1.54) is 99.8 Å². The Morgan fingerprint density at radius 3 is 1.23 bits per heavy atom. The summed E-state index contributed by atoms with van der Waals surface area (Å²) in [4.78, 5) is 0. The van der Waals surface area contributed by atoms with Crippen LogP contribution in [0.25, 0.3) is 49.7 Å². The first-order valence-corrected chi connectivity index (χ1v) is 18.4. The number of aromatic nitrogens is 1. The zero-order valence-corrected chi connectivity index (χ0v) is 28.8. The van der Waals surface area contributed by atoms with Crippen molar-refractivity contribution in [3.8, 4) is 27.9 Å². The van der Waals surface area contributed by atoms with Crippen LogP contribution in [0.15, 0.2) is 182 Å². The van der Waals surface area contributed by atoms with Crippen molar-refractivity contribution in [1.29, 1.82) is 0 Å². The van der Waals surface area contributed by atoms with Gasteiger partial charge in [0.2, 0.25) is 0 Å². The molecule has 0 saturated carbocycles. The van der Waals surface area contributed by atoms with E-state index in [-0.39, 0.29) is 0 Å². The van der Waals surface area contributed by atoms with Gasteiger partial charge in [-0.2, -0.15) is 0 Å². The summed E-state index contributed by atoms with van der Waals surface area (Å²) < 4.78 is 2.49. The largest absolute Gasteiger partial charge is 0.309 e. The van der Waals surface area contributed by atoms with Crippen LogP contribution in [0.4, 0.5) is 0 Å². The third kappa shape index (κ3) is 3.18. The van der Waals surface area contributed by atoms with Crippen LogP contribution in [0.3, 0.4) is 0 Å². The summed E-state index contributed by atoms with van der Waals surface area (Å²) in [6.45, 7) is 2.17. The summed E-state index contributed by atoms with van der Waals surface area (Å²) in [6.07, 6.45) is 0. The molecule has 52 heavy (non-hydrogen) atoms. The van der Waals surface area contributed by atoms with Crippen molar-refractivity contribution in [3.63, 3.8) is 0 Å². The molecular weight excluding hydrogens is 627 g/mol. The van der Waals surface area contributed by atoms with Gasteiger partial charge in [0.1, 0.15) is 0 Å². The fourth-order valence-corrected chi connectivity index (χ4v) is 10.7. The van der Waals surface area contributed by atoms with Crippen LogP contribution >= 0.6 is 0 Å². The van der Waals surface area contributed by atoms with Gasteiger partial charge in [0.25, 0.3) is 0 Å². The molecule has 3 aliphatic carbocycles. The average Bonchev–Trinajstić information content (AvgIpc) is 3.80.